The van der Waals surface area contributed by atoms with E-state index in [1.807, 2.05) is 37.3 Å². The number of sulfonamides is 1. The van der Waals surface area contributed by atoms with E-state index >= 15 is 0 Å². The van der Waals surface area contributed by atoms with E-state index in [9.17, 15) is 8.42 Å². The number of ether oxygens (including phenoxy) is 2. The molecule has 124 valence electrons. The summed E-state index contributed by atoms with van der Waals surface area (Å²) in [6, 6.07) is 9.65. The SMILES string of the molecule is CCCCS(=O)(=O)N[C@@H]1CCOC[C@H]1OCc1ccccc1. The number of nitrogens with one attached hydrogen (secondary N) is 1. The van der Waals surface area contributed by atoms with E-state index in [1.54, 1.807) is 0 Å². The van der Waals surface area contributed by atoms with Crippen molar-refractivity contribution in [3.05, 3.63) is 35.9 Å². The molecule has 22 heavy (non-hydrogen) atoms. The summed E-state index contributed by atoms with van der Waals surface area (Å²) in [7, 11) is -3.24. The van der Waals surface area contributed by atoms with Gasteiger partial charge in [0, 0.05) is 6.61 Å². The Hall–Kier alpha value is -0.950. The zero-order chi connectivity index (χ0) is 15.8. The molecule has 1 aromatic rings. The zero-order valence-corrected chi connectivity index (χ0v) is 13.8. The minimum Gasteiger partial charge on any atom is -0.379 e. The summed E-state index contributed by atoms with van der Waals surface area (Å²) >= 11 is 0. The fourth-order valence-corrected chi connectivity index (χ4v) is 3.93. The second kappa shape index (κ2) is 8.62. The molecular formula is C16H25NO4S. The fourth-order valence-electron chi connectivity index (χ4n) is 2.41. The minimum atomic E-state index is -3.24. The van der Waals surface area contributed by atoms with Crippen LogP contribution in [-0.4, -0.2) is 39.5 Å². The van der Waals surface area contributed by atoms with Gasteiger partial charge in [0.05, 0.1) is 31.1 Å². The highest BCUT2D eigenvalue weighted by molar-refractivity contribution is 7.89. The van der Waals surface area contributed by atoms with Crippen LogP contribution < -0.4 is 4.72 Å². The third-order valence-corrected chi connectivity index (χ3v) is 5.20. The molecular weight excluding hydrogens is 302 g/mol. The van der Waals surface area contributed by atoms with Gasteiger partial charge in [-0.25, -0.2) is 13.1 Å². The standard InChI is InChI=1S/C16H25NO4S/c1-2-3-11-22(18,19)17-15-9-10-20-13-16(15)21-12-14-7-5-4-6-8-14/h4-8,15-17H,2-3,9-13H2,1H3/t15-,16-/m1/s1. The maximum atomic E-state index is 12.1. The average Bonchev–Trinajstić information content (AvgIpc) is 2.53. The molecule has 1 fully saturated rings. The number of benzene rings is 1. The van der Waals surface area contributed by atoms with E-state index in [0.29, 0.717) is 32.7 Å². The summed E-state index contributed by atoms with van der Waals surface area (Å²) < 4.78 is 38.2. The van der Waals surface area contributed by atoms with Crippen molar-refractivity contribution in [3.63, 3.8) is 0 Å². The number of hydrogen-bond donors (Lipinski definition) is 1. The van der Waals surface area contributed by atoms with Crippen molar-refractivity contribution in [1.82, 2.24) is 4.72 Å². The van der Waals surface area contributed by atoms with Crippen molar-refractivity contribution in [2.75, 3.05) is 19.0 Å². The van der Waals surface area contributed by atoms with E-state index in [4.69, 9.17) is 9.47 Å². The van der Waals surface area contributed by atoms with Crippen molar-refractivity contribution in [3.8, 4) is 0 Å². The Labute approximate surface area is 133 Å². The average molecular weight is 327 g/mol. The van der Waals surface area contributed by atoms with Crippen molar-refractivity contribution < 1.29 is 17.9 Å². The van der Waals surface area contributed by atoms with E-state index in [-0.39, 0.29) is 17.9 Å². The molecule has 0 radical (unpaired) electrons. The van der Waals surface area contributed by atoms with Crippen LogP contribution in [-0.2, 0) is 26.1 Å². The second-order valence-corrected chi connectivity index (χ2v) is 7.47. The zero-order valence-electron chi connectivity index (χ0n) is 13.0. The van der Waals surface area contributed by atoms with Crippen molar-refractivity contribution >= 4 is 10.0 Å². The third kappa shape index (κ3) is 5.68. The van der Waals surface area contributed by atoms with Crippen LogP contribution in [0.3, 0.4) is 0 Å². The van der Waals surface area contributed by atoms with Crippen LogP contribution in [0.5, 0.6) is 0 Å². The molecule has 1 N–H and O–H groups in total. The molecule has 0 saturated carbocycles. The molecule has 0 aromatic heterocycles. The van der Waals surface area contributed by atoms with E-state index in [2.05, 4.69) is 4.72 Å². The van der Waals surface area contributed by atoms with Crippen LogP contribution in [0, 0.1) is 0 Å². The van der Waals surface area contributed by atoms with E-state index in [0.717, 1.165) is 12.0 Å². The van der Waals surface area contributed by atoms with Gasteiger partial charge in [-0.1, -0.05) is 43.7 Å². The predicted molar refractivity (Wildman–Crippen MR) is 86.1 cm³/mol. The van der Waals surface area contributed by atoms with Gasteiger partial charge in [-0.3, -0.25) is 0 Å². The highest BCUT2D eigenvalue weighted by atomic mass is 32.2. The number of unbranched alkanes of at least 4 members (excludes halogenated alkanes) is 1. The predicted octanol–water partition coefficient (Wildman–Crippen LogP) is 2.08. The van der Waals surface area contributed by atoms with Gasteiger partial charge in [-0.2, -0.15) is 0 Å². The summed E-state index contributed by atoms with van der Waals surface area (Å²) in [6.45, 7) is 3.43. The Morgan fingerprint density at radius 2 is 2.09 bits per heavy atom. The van der Waals surface area contributed by atoms with Gasteiger partial charge in [0.1, 0.15) is 0 Å². The lowest BCUT2D eigenvalue weighted by atomic mass is 10.1. The topological polar surface area (TPSA) is 64.6 Å². The molecule has 0 unspecified atom stereocenters. The molecule has 1 aliphatic heterocycles. The molecule has 1 aromatic carbocycles. The largest absolute Gasteiger partial charge is 0.379 e. The first-order valence-corrected chi connectivity index (χ1v) is 9.49. The van der Waals surface area contributed by atoms with Gasteiger partial charge in [0.2, 0.25) is 10.0 Å². The molecule has 2 atom stereocenters. The summed E-state index contributed by atoms with van der Waals surface area (Å²) in [4.78, 5) is 0. The molecule has 0 spiro atoms. The quantitative estimate of drug-likeness (QED) is 0.794. The Morgan fingerprint density at radius 1 is 1.32 bits per heavy atom. The van der Waals surface area contributed by atoms with Crippen molar-refractivity contribution in [2.45, 2.75) is 44.9 Å². The van der Waals surface area contributed by atoms with Gasteiger partial charge < -0.3 is 9.47 Å². The normalized spacial score (nSPS) is 22.6. The lowest BCUT2D eigenvalue weighted by Gasteiger charge is -2.32. The maximum absolute atomic E-state index is 12.1. The first-order chi connectivity index (χ1) is 10.6. The molecule has 0 bridgehead atoms. The van der Waals surface area contributed by atoms with Crippen LogP contribution >= 0.6 is 0 Å². The molecule has 5 nitrogen and oxygen atoms in total. The van der Waals surface area contributed by atoms with Crippen LogP contribution in [0.2, 0.25) is 0 Å². The minimum absolute atomic E-state index is 0.173. The van der Waals surface area contributed by atoms with Crippen LogP contribution in [0.15, 0.2) is 30.3 Å². The van der Waals surface area contributed by atoms with Gasteiger partial charge in [-0.05, 0) is 18.4 Å². The third-order valence-electron chi connectivity index (χ3n) is 3.71. The summed E-state index contributed by atoms with van der Waals surface area (Å²) in [5.74, 6) is 0.173. The van der Waals surface area contributed by atoms with E-state index < -0.39 is 10.0 Å². The molecule has 1 heterocycles. The fraction of sp³-hybridized carbons (Fsp3) is 0.625. The molecule has 2 rings (SSSR count). The van der Waals surface area contributed by atoms with Crippen molar-refractivity contribution in [2.24, 2.45) is 0 Å². The van der Waals surface area contributed by atoms with E-state index in [1.165, 1.54) is 0 Å². The molecule has 0 aliphatic carbocycles. The monoisotopic (exact) mass is 327 g/mol. The second-order valence-electron chi connectivity index (χ2n) is 5.60. The van der Waals surface area contributed by atoms with Gasteiger partial charge in [0.25, 0.3) is 0 Å². The van der Waals surface area contributed by atoms with Crippen molar-refractivity contribution in [1.29, 1.82) is 0 Å². The smallest absolute Gasteiger partial charge is 0.211 e. The van der Waals surface area contributed by atoms with Gasteiger partial charge >= 0.3 is 0 Å². The maximum Gasteiger partial charge on any atom is 0.211 e. The Kier molecular flexibility index (Phi) is 6.82. The van der Waals surface area contributed by atoms with Crippen LogP contribution in [0.1, 0.15) is 31.7 Å². The highest BCUT2D eigenvalue weighted by Crippen LogP contribution is 2.15. The Bertz CT molecular complexity index is 532. The highest BCUT2D eigenvalue weighted by Gasteiger charge is 2.29. The molecule has 6 heteroatoms. The molecule has 1 saturated heterocycles. The first kappa shape index (κ1) is 17.4. The van der Waals surface area contributed by atoms with Crippen LogP contribution in [0.4, 0.5) is 0 Å². The number of hydrogen-bond acceptors (Lipinski definition) is 4. The number of rotatable bonds is 8. The summed E-state index contributed by atoms with van der Waals surface area (Å²) in [5.41, 5.74) is 1.07. The summed E-state index contributed by atoms with van der Waals surface area (Å²) in [6.07, 6.45) is 1.94. The molecule has 0 amide bonds. The van der Waals surface area contributed by atoms with Gasteiger partial charge in [-0.15, -0.1) is 0 Å². The van der Waals surface area contributed by atoms with Gasteiger partial charge in [0.15, 0.2) is 0 Å². The molecule has 1 aliphatic rings. The summed E-state index contributed by atoms with van der Waals surface area (Å²) in [5, 5.41) is 0. The Balaban J connectivity index is 1.90. The van der Waals surface area contributed by atoms with Crippen LogP contribution in [0.25, 0.3) is 0 Å². The first-order valence-electron chi connectivity index (χ1n) is 7.84. The Morgan fingerprint density at radius 3 is 2.82 bits per heavy atom. The lowest BCUT2D eigenvalue weighted by molar-refractivity contribution is -0.0711. The lowest BCUT2D eigenvalue weighted by Crippen LogP contribution is -2.50.